The van der Waals surface area contributed by atoms with Crippen LogP contribution in [-0.2, 0) is 4.79 Å². The number of anilines is 1. The number of aliphatic imine (C=N–C) groups is 1. The van der Waals surface area contributed by atoms with Crippen molar-refractivity contribution >= 4 is 46.0 Å². The maximum atomic E-state index is 13.6. The van der Waals surface area contributed by atoms with Gasteiger partial charge in [0, 0.05) is 41.7 Å². The summed E-state index contributed by atoms with van der Waals surface area (Å²) in [4.78, 5) is 35.3. The lowest BCUT2D eigenvalue weighted by Crippen LogP contribution is -2.45. The normalized spacial score (nSPS) is 17.7. The smallest absolute Gasteiger partial charge is 0.255 e. The number of amides is 2. The van der Waals surface area contributed by atoms with E-state index >= 15 is 0 Å². The highest BCUT2D eigenvalue weighted by atomic mass is 35.5. The van der Waals surface area contributed by atoms with E-state index in [-0.39, 0.29) is 17.9 Å². The molecule has 0 spiro atoms. The molecule has 0 aromatic heterocycles. The molecule has 2 aromatic carbocycles. The first-order chi connectivity index (χ1) is 16.4. The Hall–Kier alpha value is -2.77. The van der Waals surface area contributed by atoms with Gasteiger partial charge in [-0.3, -0.25) is 9.59 Å². The number of benzene rings is 2. The Morgan fingerprint density at radius 2 is 1.94 bits per heavy atom. The number of hydrogen-bond acceptors (Lipinski definition) is 5. The molecule has 6 nitrogen and oxygen atoms in total. The second-order valence-electron chi connectivity index (χ2n) is 8.26. The standard InChI is InChI=1S/C26H29ClN4O2S/c1-4-30(5-2)25(33)22-17(3)28-26-31(13-8-14-34-26)23(22)18-9-7-12-21(16-18)29-24(32)19-10-6-11-20(27)15-19/h6-7,9-12,15-16,23H,4-5,8,13-14H2,1-3H3,(H,29,32). The molecule has 2 aliphatic rings. The van der Waals surface area contributed by atoms with E-state index in [1.807, 2.05) is 49.9 Å². The van der Waals surface area contributed by atoms with Crippen molar-refractivity contribution in [3.05, 3.63) is 76.0 Å². The van der Waals surface area contributed by atoms with E-state index in [2.05, 4.69) is 10.2 Å². The number of carbonyl (C=O) groups excluding carboxylic acids is 2. The number of nitrogens with zero attached hydrogens (tertiary/aromatic N) is 3. The molecule has 2 heterocycles. The fourth-order valence-corrected chi connectivity index (χ4v) is 5.60. The van der Waals surface area contributed by atoms with Gasteiger partial charge >= 0.3 is 0 Å². The number of nitrogens with one attached hydrogen (secondary N) is 1. The second kappa shape index (κ2) is 10.7. The van der Waals surface area contributed by atoms with Gasteiger partial charge in [-0.1, -0.05) is 41.6 Å². The van der Waals surface area contributed by atoms with Gasteiger partial charge in [0.2, 0.25) is 0 Å². The van der Waals surface area contributed by atoms with Crippen molar-refractivity contribution < 1.29 is 9.59 Å². The van der Waals surface area contributed by atoms with Gasteiger partial charge < -0.3 is 15.1 Å². The Morgan fingerprint density at radius 1 is 1.18 bits per heavy atom. The molecule has 0 saturated carbocycles. The highest BCUT2D eigenvalue weighted by molar-refractivity contribution is 8.13. The number of carbonyl (C=O) groups is 2. The predicted octanol–water partition coefficient (Wildman–Crippen LogP) is 5.58. The van der Waals surface area contributed by atoms with Gasteiger partial charge in [-0.15, -0.1) is 0 Å². The molecule has 1 unspecified atom stereocenters. The minimum absolute atomic E-state index is 0.0132. The molecule has 1 saturated heterocycles. The Balaban J connectivity index is 1.71. The van der Waals surface area contributed by atoms with E-state index in [0.29, 0.717) is 34.9 Å². The highest BCUT2D eigenvalue weighted by Crippen LogP contribution is 2.40. The van der Waals surface area contributed by atoms with Crippen molar-refractivity contribution in [2.75, 3.05) is 30.7 Å². The minimum Gasteiger partial charge on any atom is -0.340 e. The molecule has 178 valence electrons. The van der Waals surface area contributed by atoms with Crippen LogP contribution in [0.4, 0.5) is 5.69 Å². The molecule has 2 aromatic rings. The lowest BCUT2D eigenvalue weighted by molar-refractivity contribution is -0.127. The zero-order chi connectivity index (χ0) is 24.2. The summed E-state index contributed by atoms with van der Waals surface area (Å²) in [6.45, 7) is 8.02. The maximum Gasteiger partial charge on any atom is 0.255 e. The zero-order valence-corrected chi connectivity index (χ0v) is 21.2. The fourth-order valence-electron chi connectivity index (χ4n) is 4.39. The monoisotopic (exact) mass is 496 g/mol. The van der Waals surface area contributed by atoms with Crippen molar-refractivity contribution in [3.63, 3.8) is 0 Å². The largest absolute Gasteiger partial charge is 0.340 e. The molecular formula is C26H29ClN4O2S. The summed E-state index contributed by atoms with van der Waals surface area (Å²) in [5, 5.41) is 4.44. The van der Waals surface area contributed by atoms with Crippen LogP contribution in [0.2, 0.25) is 5.02 Å². The molecule has 0 bridgehead atoms. The Labute approximate surface area is 210 Å². The average Bonchev–Trinajstić information content (AvgIpc) is 2.84. The topological polar surface area (TPSA) is 65.0 Å². The molecule has 34 heavy (non-hydrogen) atoms. The molecule has 4 rings (SSSR count). The molecule has 2 amide bonds. The van der Waals surface area contributed by atoms with E-state index in [0.717, 1.165) is 35.1 Å². The summed E-state index contributed by atoms with van der Waals surface area (Å²) in [5.41, 5.74) is 3.58. The Bertz CT molecular complexity index is 1160. The van der Waals surface area contributed by atoms with Crippen LogP contribution in [0.3, 0.4) is 0 Å². The summed E-state index contributed by atoms with van der Waals surface area (Å²) in [6, 6.07) is 14.4. The van der Waals surface area contributed by atoms with E-state index in [4.69, 9.17) is 16.6 Å². The van der Waals surface area contributed by atoms with Crippen LogP contribution < -0.4 is 5.32 Å². The summed E-state index contributed by atoms with van der Waals surface area (Å²) < 4.78 is 0. The molecular weight excluding hydrogens is 468 g/mol. The molecule has 2 aliphatic heterocycles. The number of thioether (sulfide) groups is 1. The van der Waals surface area contributed by atoms with E-state index in [1.165, 1.54) is 0 Å². The van der Waals surface area contributed by atoms with Crippen LogP contribution in [0.5, 0.6) is 0 Å². The number of likely N-dealkylation sites (N-methyl/N-ethyl adjacent to an activating group) is 1. The third-order valence-electron chi connectivity index (χ3n) is 6.09. The average molecular weight is 497 g/mol. The number of rotatable bonds is 6. The number of fused-ring (bicyclic) bond motifs is 1. The van der Waals surface area contributed by atoms with E-state index in [1.54, 1.807) is 36.0 Å². The van der Waals surface area contributed by atoms with Crippen molar-refractivity contribution in [1.82, 2.24) is 9.80 Å². The van der Waals surface area contributed by atoms with E-state index in [9.17, 15) is 9.59 Å². The van der Waals surface area contributed by atoms with Gasteiger partial charge in [-0.2, -0.15) is 0 Å². The van der Waals surface area contributed by atoms with Gasteiger partial charge in [-0.25, -0.2) is 4.99 Å². The maximum absolute atomic E-state index is 13.6. The van der Waals surface area contributed by atoms with Crippen LogP contribution >= 0.6 is 23.4 Å². The lowest BCUT2D eigenvalue weighted by atomic mass is 9.92. The fraction of sp³-hybridized carbons (Fsp3) is 0.346. The summed E-state index contributed by atoms with van der Waals surface area (Å²) in [7, 11) is 0. The van der Waals surface area contributed by atoms with Crippen LogP contribution in [0.25, 0.3) is 0 Å². The Morgan fingerprint density at radius 3 is 2.68 bits per heavy atom. The van der Waals surface area contributed by atoms with Gasteiger partial charge in [-0.05, 0) is 63.1 Å². The third-order valence-corrected chi connectivity index (χ3v) is 7.40. The van der Waals surface area contributed by atoms with Crippen molar-refractivity contribution in [2.45, 2.75) is 33.2 Å². The minimum atomic E-state index is -0.253. The van der Waals surface area contributed by atoms with Gasteiger partial charge in [0.05, 0.1) is 17.3 Å². The summed E-state index contributed by atoms with van der Waals surface area (Å²) in [6.07, 6.45) is 1.02. The molecule has 1 atom stereocenters. The summed E-state index contributed by atoms with van der Waals surface area (Å²) >= 11 is 7.78. The van der Waals surface area contributed by atoms with Crippen LogP contribution in [0.15, 0.2) is 64.8 Å². The number of amidine groups is 1. The van der Waals surface area contributed by atoms with Crippen LogP contribution in [0, 0.1) is 0 Å². The molecule has 0 radical (unpaired) electrons. The lowest BCUT2D eigenvalue weighted by Gasteiger charge is -2.41. The number of halogens is 1. The first-order valence-corrected chi connectivity index (χ1v) is 12.9. The SMILES string of the molecule is CCN(CC)C(=O)C1=C(C)N=C2SCCCN2C1c1cccc(NC(=O)c2cccc(Cl)c2)c1. The van der Waals surface area contributed by atoms with E-state index < -0.39 is 0 Å². The van der Waals surface area contributed by atoms with Crippen molar-refractivity contribution in [1.29, 1.82) is 0 Å². The first-order valence-electron chi connectivity index (χ1n) is 11.6. The van der Waals surface area contributed by atoms with Crippen molar-refractivity contribution in [2.24, 2.45) is 4.99 Å². The first kappa shape index (κ1) is 24.4. The molecule has 1 N–H and O–H groups in total. The van der Waals surface area contributed by atoms with Crippen molar-refractivity contribution in [3.8, 4) is 0 Å². The predicted molar refractivity (Wildman–Crippen MR) is 140 cm³/mol. The number of allylic oxidation sites excluding steroid dienone is 1. The van der Waals surface area contributed by atoms with Crippen LogP contribution in [-0.4, -0.2) is 52.2 Å². The molecule has 8 heteroatoms. The van der Waals surface area contributed by atoms with Gasteiger partial charge in [0.25, 0.3) is 11.8 Å². The van der Waals surface area contributed by atoms with Gasteiger partial charge in [0.15, 0.2) is 5.17 Å². The van der Waals surface area contributed by atoms with Crippen LogP contribution in [0.1, 0.15) is 49.2 Å². The quantitative estimate of drug-likeness (QED) is 0.566. The second-order valence-corrected chi connectivity index (χ2v) is 9.76. The molecule has 0 aliphatic carbocycles. The molecule has 1 fully saturated rings. The highest BCUT2D eigenvalue weighted by Gasteiger charge is 2.38. The number of hydrogen-bond donors (Lipinski definition) is 1. The zero-order valence-electron chi connectivity index (χ0n) is 19.7. The third kappa shape index (κ3) is 5.00. The van der Waals surface area contributed by atoms with Gasteiger partial charge in [0.1, 0.15) is 0 Å². The summed E-state index contributed by atoms with van der Waals surface area (Å²) in [5.74, 6) is 0.800. The Kier molecular flexibility index (Phi) is 7.63.